The lowest BCUT2D eigenvalue weighted by Gasteiger charge is -2.16. The van der Waals surface area contributed by atoms with Gasteiger partial charge in [-0.3, -0.25) is 9.89 Å². The lowest BCUT2D eigenvalue weighted by atomic mass is 9.89. The number of carbonyl (C=O) groups is 1. The van der Waals surface area contributed by atoms with Crippen LogP contribution >= 0.6 is 0 Å². The molecule has 2 aromatic rings. The lowest BCUT2D eigenvalue weighted by molar-refractivity contribution is 0.0935. The van der Waals surface area contributed by atoms with Gasteiger partial charge in [0.25, 0.3) is 5.91 Å². The molecular formula is C16H17N3O3S. The molecular weight excluding hydrogens is 314 g/mol. The van der Waals surface area contributed by atoms with Crippen LogP contribution in [0.2, 0.25) is 0 Å². The monoisotopic (exact) mass is 331 g/mol. The minimum Gasteiger partial charge on any atom is -0.347 e. The zero-order chi connectivity index (χ0) is 16.0. The molecule has 6 nitrogen and oxygen atoms in total. The minimum atomic E-state index is -3.01. The summed E-state index contributed by atoms with van der Waals surface area (Å²) in [4.78, 5) is 12.5. The number of aryl methyl sites for hydroxylation is 1. The third kappa shape index (κ3) is 2.55. The molecule has 0 unspecified atom stereocenters. The highest BCUT2D eigenvalue weighted by molar-refractivity contribution is 7.91. The molecule has 4 rings (SSSR count). The van der Waals surface area contributed by atoms with E-state index in [1.807, 2.05) is 18.2 Å². The number of aromatic amines is 1. The van der Waals surface area contributed by atoms with E-state index in [1.165, 1.54) is 5.56 Å². The summed E-state index contributed by atoms with van der Waals surface area (Å²) >= 11 is 0. The smallest absolute Gasteiger partial charge is 0.269 e. The van der Waals surface area contributed by atoms with Crippen molar-refractivity contribution >= 4 is 15.7 Å². The Bertz CT molecular complexity index is 886. The number of benzene rings is 1. The fourth-order valence-electron chi connectivity index (χ4n) is 3.41. The van der Waals surface area contributed by atoms with Crippen LogP contribution in [0.15, 0.2) is 24.3 Å². The molecule has 0 bridgehead atoms. The maximum Gasteiger partial charge on any atom is 0.269 e. The molecule has 2 N–H and O–H groups in total. The van der Waals surface area contributed by atoms with Gasteiger partial charge in [0.1, 0.15) is 5.69 Å². The Balaban J connectivity index is 1.60. The molecule has 1 aliphatic carbocycles. The van der Waals surface area contributed by atoms with Crippen molar-refractivity contribution in [3.8, 4) is 11.3 Å². The van der Waals surface area contributed by atoms with Crippen molar-refractivity contribution in [2.24, 2.45) is 0 Å². The maximum absolute atomic E-state index is 12.5. The Kier molecular flexibility index (Phi) is 3.26. The largest absolute Gasteiger partial charge is 0.347 e. The molecule has 1 amide bonds. The molecule has 2 aliphatic rings. The molecule has 1 aromatic carbocycles. The summed E-state index contributed by atoms with van der Waals surface area (Å²) in [6.07, 6.45) is 2.11. The van der Waals surface area contributed by atoms with Crippen molar-refractivity contribution in [2.45, 2.75) is 25.3 Å². The molecule has 7 heteroatoms. The average Bonchev–Trinajstić information content (AvgIpc) is 3.10. The van der Waals surface area contributed by atoms with Gasteiger partial charge >= 0.3 is 0 Å². The predicted octanol–water partition coefficient (Wildman–Crippen LogP) is 1.09. The number of sulfone groups is 1. The highest BCUT2D eigenvalue weighted by atomic mass is 32.2. The second kappa shape index (κ2) is 5.19. The molecule has 1 saturated heterocycles. The number of rotatable bonds is 2. The Morgan fingerprint density at radius 1 is 1.26 bits per heavy atom. The summed E-state index contributed by atoms with van der Waals surface area (Å²) in [6, 6.07) is 7.76. The maximum atomic E-state index is 12.5. The van der Waals surface area contributed by atoms with Crippen molar-refractivity contribution in [1.82, 2.24) is 15.5 Å². The molecule has 1 aromatic heterocycles. The Morgan fingerprint density at radius 2 is 2.09 bits per heavy atom. The molecule has 0 radical (unpaired) electrons. The first-order valence-corrected chi connectivity index (χ1v) is 9.52. The molecule has 1 aliphatic heterocycles. The van der Waals surface area contributed by atoms with Crippen LogP contribution in [-0.2, 0) is 22.7 Å². The second-order valence-electron chi connectivity index (χ2n) is 6.16. The Hall–Kier alpha value is -2.15. The van der Waals surface area contributed by atoms with Crippen LogP contribution in [0, 0.1) is 0 Å². The Labute approximate surface area is 134 Å². The molecule has 1 fully saturated rings. The molecule has 23 heavy (non-hydrogen) atoms. The summed E-state index contributed by atoms with van der Waals surface area (Å²) in [6.45, 7) is 0. The number of amides is 1. The van der Waals surface area contributed by atoms with Crippen molar-refractivity contribution in [3.63, 3.8) is 0 Å². The normalized spacial score (nSPS) is 21.5. The average molecular weight is 331 g/mol. The molecule has 0 spiro atoms. The van der Waals surface area contributed by atoms with E-state index in [2.05, 4.69) is 21.6 Å². The SMILES string of the molecule is O=C(N[C@@H]1CCS(=O)(=O)C1)c1[nH]nc2c1CCc1ccccc1-2. The highest BCUT2D eigenvalue weighted by Crippen LogP contribution is 2.33. The van der Waals surface area contributed by atoms with Crippen LogP contribution < -0.4 is 5.32 Å². The zero-order valence-electron chi connectivity index (χ0n) is 12.5. The van der Waals surface area contributed by atoms with Crippen LogP contribution in [-0.4, -0.2) is 42.1 Å². The molecule has 120 valence electrons. The first kappa shape index (κ1) is 14.4. The van der Waals surface area contributed by atoms with Crippen LogP contribution in [0.5, 0.6) is 0 Å². The molecule has 0 saturated carbocycles. The number of H-pyrrole nitrogens is 1. The second-order valence-corrected chi connectivity index (χ2v) is 8.39. The van der Waals surface area contributed by atoms with Gasteiger partial charge in [0.2, 0.25) is 0 Å². The number of hydrogen-bond acceptors (Lipinski definition) is 4. The fraction of sp³-hybridized carbons (Fsp3) is 0.375. The van der Waals surface area contributed by atoms with Gasteiger partial charge in [-0.15, -0.1) is 0 Å². The van der Waals surface area contributed by atoms with Gasteiger partial charge in [0.15, 0.2) is 9.84 Å². The van der Waals surface area contributed by atoms with E-state index in [4.69, 9.17) is 0 Å². The zero-order valence-corrected chi connectivity index (χ0v) is 13.3. The summed E-state index contributed by atoms with van der Waals surface area (Å²) in [7, 11) is -3.01. The number of nitrogens with one attached hydrogen (secondary N) is 2. The molecule has 1 atom stereocenters. The van der Waals surface area contributed by atoms with E-state index in [-0.39, 0.29) is 23.5 Å². The minimum absolute atomic E-state index is 0.0257. The number of nitrogens with zero attached hydrogens (tertiary/aromatic N) is 1. The number of hydrogen-bond donors (Lipinski definition) is 2. The van der Waals surface area contributed by atoms with Crippen LogP contribution in [0.4, 0.5) is 0 Å². The van der Waals surface area contributed by atoms with Crippen LogP contribution in [0.3, 0.4) is 0 Å². The first-order valence-electron chi connectivity index (χ1n) is 7.70. The van der Waals surface area contributed by atoms with E-state index in [0.29, 0.717) is 12.1 Å². The van der Waals surface area contributed by atoms with E-state index in [9.17, 15) is 13.2 Å². The van der Waals surface area contributed by atoms with Crippen molar-refractivity contribution in [3.05, 3.63) is 41.1 Å². The third-order valence-electron chi connectivity index (χ3n) is 4.58. The predicted molar refractivity (Wildman–Crippen MR) is 86.0 cm³/mol. The van der Waals surface area contributed by atoms with Gasteiger partial charge < -0.3 is 5.32 Å². The van der Waals surface area contributed by atoms with E-state index in [1.54, 1.807) is 0 Å². The summed E-state index contributed by atoms with van der Waals surface area (Å²) < 4.78 is 23.0. The topological polar surface area (TPSA) is 91.9 Å². The quantitative estimate of drug-likeness (QED) is 0.862. The van der Waals surface area contributed by atoms with Gasteiger partial charge in [-0.2, -0.15) is 5.10 Å². The summed E-state index contributed by atoms with van der Waals surface area (Å²) in [5.41, 5.74) is 4.50. The first-order chi connectivity index (χ1) is 11.0. The van der Waals surface area contributed by atoms with Crippen molar-refractivity contribution in [1.29, 1.82) is 0 Å². The standard InChI is InChI=1S/C16H17N3O3S/c20-16(17-11-7-8-23(21,22)9-11)15-13-6-5-10-3-1-2-4-12(10)14(13)18-19-15/h1-4,11H,5-9H2,(H,17,20)(H,18,19)/t11-/m1/s1. The van der Waals surface area contributed by atoms with Gasteiger partial charge in [-0.1, -0.05) is 24.3 Å². The third-order valence-corrected chi connectivity index (χ3v) is 6.35. The van der Waals surface area contributed by atoms with E-state index < -0.39 is 9.84 Å². The fourth-order valence-corrected chi connectivity index (χ4v) is 5.09. The lowest BCUT2D eigenvalue weighted by Crippen LogP contribution is -2.36. The van der Waals surface area contributed by atoms with E-state index >= 15 is 0 Å². The van der Waals surface area contributed by atoms with Gasteiger partial charge in [-0.05, 0) is 24.8 Å². The van der Waals surface area contributed by atoms with Crippen LogP contribution in [0.1, 0.15) is 28.0 Å². The summed E-state index contributed by atoms with van der Waals surface area (Å²) in [5, 5.41) is 9.98. The van der Waals surface area contributed by atoms with Gasteiger partial charge in [0.05, 0.1) is 17.2 Å². The Morgan fingerprint density at radius 3 is 2.87 bits per heavy atom. The van der Waals surface area contributed by atoms with Gasteiger partial charge in [0, 0.05) is 17.2 Å². The van der Waals surface area contributed by atoms with Crippen molar-refractivity contribution in [2.75, 3.05) is 11.5 Å². The molecule has 2 heterocycles. The summed E-state index contributed by atoms with van der Waals surface area (Å²) in [5.74, 6) is -0.0927. The number of carbonyl (C=O) groups excluding carboxylic acids is 1. The van der Waals surface area contributed by atoms with Crippen LogP contribution in [0.25, 0.3) is 11.3 Å². The number of aromatic nitrogens is 2. The number of fused-ring (bicyclic) bond motifs is 3. The van der Waals surface area contributed by atoms with Gasteiger partial charge in [-0.25, -0.2) is 8.42 Å². The van der Waals surface area contributed by atoms with Crippen molar-refractivity contribution < 1.29 is 13.2 Å². The highest BCUT2D eigenvalue weighted by Gasteiger charge is 2.31. The van der Waals surface area contributed by atoms with E-state index in [0.717, 1.165) is 29.7 Å².